The Kier molecular flexibility index (Phi) is 4.65. The van der Waals surface area contributed by atoms with Crippen LogP contribution in [0.15, 0.2) is 0 Å². The quantitative estimate of drug-likeness (QED) is 0.650. The van der Waals surface area contributed by atoms with Gasteiger partial charge in [0.2, 0.25) is 0 Å². The summed E-state index contributed by atoms with van der Waals surface area (Å²) in [6, 6.07) is 0. The summed E-state index contributed by atoms with van der Waals surface area (Å²) in [5, 5.41) is 9.19. The van der Waals surface area contributed by atoms with E-state index in [9.17, 15) is 5.11 Å². The zero-order valence-corrected chi connectivity index (χ0v) is 7.29. The van der Waals surface area contributed by atoms with Crippen molar-refractivity contribution in [2.45, 2.75) is 39.9 Å². The van der Waals surface area contributed by atoms with Crippen LogP contribution in [-0.4, -0.2) is 23.9 Å². The van der Waals surface area contributed by atoms with E-state index in [-0.39, 0.29) is 12.2 Å². The maximum atomic E-state index is 9.19. The van der Waals surface area contributed by atoms with Crippen LogP contribution in [0.5, 0.6) is 0 Å². The molecule has 0 amide bonds. The molecule has 2 nitrogen and oxygen atoms in total. The van der Waals surface area contributed by atoms with E-state index in [4.69, 9.17) is 4.74 Å². The smallest absolute Gasteiger partial charge is 0.0853 e. The van der Waals surface area contributed by atoms with Gasteiger partial charge in [-0.3, -0.25) is 0 Å². The molecular weight excluding hydrogens is 128 g/mol. The van der Waals surface area contributed by atoms with E-state index in [1.54, 1.807) is 6.92 Å². The minimum absolute atomic E-state index is 0.00926. The molecule has 0 aliphatic carbocycles. The van der Waals surface area contributed by atoms with Gasteiger partial charge in [0.05, 0.1) is 12.2 Å². The van der Waals surface area contributed by atoms with Crippen LogP contribution >= 0.6 is 0 Å². The Hall–Kier alpha value is -0.0800. The topological polar surface area (TPSA) is 29.5 Å². The molecule has 0 bridgehead atoms. The lowest BCUT2D eigenvalue weighted by molar-refractivity contribution is -0.0489. The molecule has 2 heteroatoms. The first-order chi connectivity index (χ1) is 4.59. The molecule has 0 aromatic carbocycles. The van der Waals surface area contributed by atoms with Gasteiger partial charge in [-0.15, -0.1) is 0 Å². The maximum absolute atomic E-state index is 9.19. The average molecular weight is 146 g/mol. The van der Waals surface area contributed by atoms with Crippen molar-refractivity contribution in [2.24, 2.45) is 5.92 Å². The van der Waals surface area contributed by atoms with Gasteiger partial charge in [0.1, 0.15) is 0 Å². The number of ether oxygens (including phenoxy) is 1. The van der Waals surface area contributed by atoms with Crippen molar-refractivity contribution in [1.82, 2.24) is 0 Å². The molecule has 10 heavy (non-hydrogen) atoms. The highest BCUT2D eigenvalue weighted by Gasteiger charge is 2.18. The maximum Gasteiger partial charge on any atom is 0.0853 e. The Labute approximate surface area is 63.2 Å². The van der Waals surface area contributed by atoms with Crippen LogP contribution in [-0.2, 0) is 4.74 Å². The van der Waals surface area contributed by atoms with Gasteiger partial charge in [-0.1, -0.05) is 13.8 Å². The molecule has 0 fully saturated rings. The normalized spacial score (nSPS) is 17.4. The molecule has 0 aromatic heterocycles. The van der Waals surface area contributed by atoms with Crippen molar-refractivity contribution in [3.63, 3.8) is 0 Å². The van der Waals surface area contributed by atoms with Crippen LogP contribution in [0.2, 0.25) is 0 Å². The molecule has 62 valence electrons. The van der Waals surface area contributed by atoms with Gasteiger partial charge in [-0.25, -0.2) is 0 Å². The molecule has 0 radical (unpaired) electrons. The molecule has 0 saturated heterocycles. The summed E-state index contributed by atoms with van der Waals surface area (Å²) in [4.78, 5) is 0. The highest BCUT2D eigenvalue weighted by atomic mass is 16.5. The van der Waals surface area contributed by atoms with E-state index >= 15 is 0 Å². The lowest BCUT2D eigenvalue weighted by Crippen LogP contribution is -2.31. The minimum Gasteiger partial charge on any atom is -0.391 e. The second-order valence-electron chi connectivity index (χ2n) is 2.90. The Bertz CT molecular complexity index is 71.3. The number of hydrogen-bond donors (Lipinski definition) is 1. The molecule has 0 aliphatic heterocycles. The van der Waals surface area contributed by atoms with Crippen LogP contribution in [0.1, 0.15) is 27.7 Å². The highest BCUT2D eigenvalue weighted by Crippen LogP contribution is 2.10. The fourth-order valence-electron chi connectivity index (χ4n) is 1.08. The van der Waals surface area contributed by atoms with Gasteiger partial charge < -0.3 is 9.84 Å². The zero-order valence-electron chi connectivity index (χ0n) is 7.29. The average Bonchev–Trinajstić information content (AvgIpc) is 1.81. The molecule has 0 heterocycles. The molecule has 2 atom stereocenters. The van der Waals surface area contributed by atoms with Crippen LogP contribution in [0.4, 0.5) is 0 Å². The molecule has 0 aromatic rings. The Balaban J connectivity index is 3.73. The minimum atomic E-state index is -0.361. The Morgan fingerprint density at radius 2 is 1.80 bits per heavy atom. The van der Waals surface area contributed by atoms with Crippen LogP contribution in [0.25, 0.3) is 0 Å². The fraction of sp³-hybridized carbons (Fsp3) is 1.00. The summed E-state index contributed by atoms with van der Waals surface area (Å²) in [5.41, 5.74) is 0. The van der Waals surface area contributed by atoms with Crippen molar-refractivity contribution in [3.8, 4) is 0 Å². The predicted octanol–water partition coefficient (Wildman–Crippen LogP) is 1.43. The third kappa shape index (κ3) is 3.18. The predicted molar refractivity (Wildman–Crippen MR) is 41.9 cm³/mol. The number of aliphatic hydroxyl groups excluding tert-OH is 1. The van der Waals surface area contributed by atoms with Crippen molar-refractivity contribution in [1.29, 1.82) is 0 Å². The van der Waals surface area contributed by atoms with Gasteiger partial charge in [-0.2, -0.15) is 0 Å². The molecule has 0 aliphatic rings. The van der Waals surface area contributed by atoms with Crippen LogP contribution < -0.4 is 0 Å². The second kappa shape index (κ2) is 4.69. The third-order valence-corrected chi connectivity index (χ3v) is 1.49. The van der Waals surface area contributed by atoms with Gasteiger partial charge in [0.15, 0.2) is 0 Å². The van der Waals surface area contributed by atoms with Crippen molar-refractivity contribution < 1.29 is 9.84 Å². The molecule has 2 unspecified atom stereocenters. The third-order valence-electron chi connectivity index (χ3n) is 1.49. The van der Waals surface area contributed by atoms with Crippen molar-refractivity contribution >= 4 is 0 Å². The molecule has 0 saturated carbocycles. The van der Waals surface area contributed by atoms with Crippen LogP contribution in [0.3, 0.4) is 0 Å². The van der Waals surface area contributed by atoms with Crippen LogP contribution in [0, 0.1) is 5.92 Å². The molecule has 0 rings (SSSR count). The first-order valence-electron chi connectivity index (χ1n) is 3.89. The summed E-state index contributed by atoms with van der Waals surface area (Å²) in [5.74, 6) is 0.389. The standard InChI is InChI=1S/C8H18O2/c1-5-10-8(6(2)3)7(4)9/h6-9H,5H2,1-4H3. The summed E-state index contributed by atoms with van der Waals surface area (Å²) in [6.07, 6.45) is -0.370. The monoisotopic (exact) mass is 146 g/mol. The van der Waals surface area contributed by atoms with E-state index in [0.29, 0.717) is 12.5 Å². The lowest BCUT2D eigenvalue weighted by Gasteiger charge is -2.23. The van der Waals surface area contributed by atoms with Gasteiger partial charge in [-0.05, 0) is 19.8 Å². The summed E-state index contributed by atoms with van der Waals surface area (Å²) in [7, 11) is 0. The molecule has 0 spiro atoms. The largest absolute Gasteiger partial charge is 0.391 e. The second-order valence-corrected chi connectivity index (χ2v) is 2.90. The van der Waals surface area contributed by atoms with Gasteiger partial charge >= 0.3 is 0 Å². The van der Waals surface area contributed by atoms with Gasteiger partial charge in [0, 0.05) is 6.61 Å². The van der Waals surface area contributed by atoms with E-state index in [1.165, 1.54) is 0 Å². The summed E-state index contributed by atoms with van der Waals surface area (Å²) < 4.78 is 5.31. The Morgan fingerprint density at radius 3 is 1.90 bits per heavy atom. The zero-order chi connectivity index (χ0) is 8.15. The number of aliphatic hydroxyl groups is 1. The van der Waals surface area contributed by atoms with Crippen molar-refractivity contribution in [2.75, 3.05) is 6.61 Å². The first-order valence-corrected chi connectivity index (χ1v) is 3.89. The van der Waals surface area contributed by atoms with E-state index < -0.39 is 0 Å². The van der Waals surface area contributed by atoms with E-state index in [2.05, 4.69) is 0 Å². The highest BCUT2D eigenvalue weighted by molar-refractivity contribution is 4.67. The summed E-state index contributed by atoms with van der Waals surface area (Å²) >= 11 is 0. The SMILES string of the molecule is CCOC(C(C)C)C(C)O. The number of rotatable bonds is 4. The fourth-order valence-corrected chi connectivity index (χ4v) is 1.08. The molecule has 1 N–H and O–H groups in total. The van der Waals surface area contributed by atoms with Crippen molar-refractivity contribution in [3.05, 3.63) is 0 Å². The van der Waals surface area contributed by atoms with E-state index in [0.717, 1.165) is 0 Å². The van der Waals surface area contributed by atoms with E-state index in [1.807, 2.05) is 20.8 Å². The van der Waals surface area contributed by atoms with Gasteiger partial charge in [0.25, 0.3) is 0 Å². The first kappa shape index (κ1) is 9.92. The Morgan fingerprint density at radius 1 is 1.30 bits per heavy atom. The number of hydrogen-bond acceptors (Lipinski definition) is 2. The molecular formula is C8H18O2. The summed E-state index contributed by atoms with van der Waals surface area (Å²) in [6.45, 7) is 8.48. The lowest BCUT2D eigenvalue weighted by atomic mass is 10.0.